The summed E-state index contributed by atoms with van der Waals surface area (Å²) in [6, 6.07) is 9.58. The molecule has 2 atom stereocenters. The van der Waals surface area contributed by atoms with Crippen molar-refractivity contribution in [2.45, 2.75) is 111 Å². The molecular formula is C34H50N4O6. The van der Waals surface area contributed by atoms with Gasteiger partial charge >= 0.3 is 6.09 Å². The number of carbonyl (C=O) groups is 4. The predicted octanol–water partition coefficient (Wildman–Crippen LogP) is 6.04. The first-order valence-electron chi connectivity index (χ1n) is 15.5. The van der Waals surface area contributed by atoms with Crippen molar-refractivity contribution in [2.75, 3.05) is 11.9 Å². The molecule has 0 spiro atoms. The molecule has 2 unspecified atom stereocenters. The van der Waals surface area contributed by atoms with Gasteiger partial charge in [-0.05, 0) is 64.7 Å². The third-order valence-corrected chi connectivity index (χ3v) is 7.22. The largest absolute Gasteiger partial charge is 0.508 e. The molecule has 10 heteroatoms. The number of phenolic OH excluding ortho intramolecular Hbond substituents is 1. The Morgan fingerprint density at radius 2 is 1.55 bits per heavy atom. The number of hydrogen-bond donors (Lipinski definition) is 4. The number of para-hydroxylation sites is 2. The number of nitrogens with one attached hydrogen (secondary N) is 2. The number of rotatable bonds is 16. The van der Waals surface area contributed by atoms with Crippen molar-refractivity contribution >= 4 is 29.5 Å². The molecule has 0 aliphatic carbocycles. The first-order valence-corrected chi connectivity index (χ1v) is 15.5. The molecule has 0 radical (unpaired) electrons. The van der Waals surface area contributed by atoms with Crippen LogP contribution in [-0.4, -0.2) is 52.0 Å². The van der Waals surface area contributed by atoms with Crippen molar-refractivity contribution in [1.29, 1.82) is 0 Å². The zero-order valence-corrected chi connectivity index (χ0v) is 27.1. The third kappa shape index (κ3) is 11.5. The average Bonchev–Trinajstić information content (AvgIpc) is 2.93. The molecule has 242 valence electrons. The molecule has 44 heavy (non-hydrogen) atoms. The second-order valence-corrected chi connectivity index (χ2v) is 12.2. The van der Waals surface area contributed by atoms with Crippen molar-refractivity contribution in [3.63, 3.8) is 0 Å². The van der Waals surface area contributed by atoms with Crippen molar-refractivity contribution < 1.29 is 29.0 Å². The highest BCUT2D eigenvalue weighted by Crippen LogP contribution is 2.32. The summed E-state index contributed by atoms with van der Waals surface area (Å²) in [6.45, 7) is 11.2. The Labute approximate surface area is 261 Å². The van der Waals surface area contributed by atoms with Gasteiger partial charge in [-0.25, -0.2) is 4.79 Å². The molecule has 0 aliphatic heterocycles. The van der Waals surface area contributed by atoms with E-state index in [1.807, 2.05) is 32.0 Å². The SMILES string of the molecule is CCCCCCCCN(C(=O)C(CCC(N)=O)NC(=O)OC(C)(C)C)C(C(=O)Nc1c(C)cccc1C)c1ccccc1O. The number of primary amides is 1. The monoisotopic (exact) mass is 610 g/mol. The number of unbranched alkanes of at least 4 members (excludes halogenated alkanes) is 5. The Balaban J connectivity index is 2.58. The van der Waals surface area contributed by atoms with Gasteiger partial charge in [-0.2, -0.15) is 0 Å². The van der Waals surface area contributed by atoms with Crippen LogP contribution >= 0.6 is 0 Å². The summed E-state index contributed by atoms with van der Waals surface area (Å²) < 4.78 is 5.40. The van der Waals surface area contributed by atoms with Crippen LogP contribution in [0.2, 0.25) is 0 Å². The van der Waals surface area contributed by atoms with Gasteiger partial charge in [0.05, 0.1) is 0 Å². The summed E-state index contributed by atoms with van der Waals surface area (Å²) >= 11 is 0. The van der Waals surface area contributed by atoms with Gasteiger partial charge in [-0.3, -0.25) is 14.4 Å². The van der Waals surface area contributed by atoms with Crippen LogP contribution in [0.25, 0.3) is 0 Å². The lowest BCUT2D eigenvalue weighted by molar-refractivity contribution is -0.141. The van der Waals surface area contributed by atoms with Gasteiger partial charge in [0.1, 0.15) is 23.4 Å². The molecule has 5 N–H and O–H groups in total. The second kappa shape index (κ2) is 17.3. The number of phenols is 1. The highest BCUT2D eigenvalue weighted by Gasteiger charge is 2.37. The molecule has 4 amide bonds. The topological polar surface area (TPSA) is 151 Å². The molecule has 2 aromatic carbocycles. The Hall–Kier alpha value is -4.08. The second-order valence-electron chi connectivity index (χ2n) is 12.2. The van der Waals surface area contributed by atoms with E-state index in [-0.39, 0.29) is 30.7 Å². The zero-order valence-electron chi connectivity index (χ0n) is 27.1. The number of nitrogens with two attached hydrogens (primary N) is 1. The Morgan fingerprint density at radius 1 is 0.932 bits per heavy atom. The molecule has 0 bridgehead atoms. The Bertz CT molecular complexity index is 1250. The lowest BCUT2D eigenvalue weighted by Gasteiger charge is -2.35. The van der Waals surface area contributed by atoms with Gasteiger partial charge < -0.3 is 31.1 Å². The van der Waals surface area contributed by atoms with E-state index < -0.39 is 41.5 Å². The number of ether oxygens (including phenoxy) is 1. The average molecular weight is 611 g/mol. The van der Waals surface area contributed by atoms with E-state index in [4.69, 9.17) is 10.5 Å². The number of benzene rings is 2. The molecular weight excluding hydrogens is 560 g/mol. The standard InChI is InChI=1S/C34H50N4O6/c1-7-8-9-10-11-14-22-38(32(42)26(20-21-28(35)40)36-33(43)44-34(4,5)6)30(25-18-12-13-19-27(25)39)31(41)37-29-23(2)16-15-17-24(29)3/h12-13,15-19,26,30,39H,7-11,14,20-22H2,1-6H3,(H2,35,40)(H,36,43)(H,37,41). The van der Waals surface area contributed by atoms with Crippen LogP contribution in [0, 0.1) is 13.8 Å². The van der Waals surface area contributed by atoms with Crippen molar-refractivity contribution in [3.05, 3.63) is 59.2 Å². The fourth-order valence-electron chi connectivity index (χ4n) is 5.00. The first-order chi connectivity index (χ1) is 20.7. The number of anilines is 1. The molecule has 0 saturated heterocycles. The fraction of sp³-hybridized carbons (Fsp3) is 0.529. The highest BCUT2D eigenvalue weighted by molar-refractivity contribution is 6.00. The number of amides is 4. The van der Waals surface area contributed by atoms with Gasteiger partial charge in [-0.1, -0.05) is 75.4 Å². The summed E-state index contributed by atoms with van der Waals surface area (Å²) in [5, 5.41) is 16.5. The lowest BCUT2D eigenvalue weighted by Crippen LogP contribution is -2.53. The van der Waals surface area contributed by atoms with Gasteiger partial charge in [0.2, 0.25) is 11.8 Å². The van der Waals surface area contributed by atoms with E-state index in [9.17, 15) is 24.3 Å². The summed E-state index contributed by atoms with van der Waals surface area (Å²) in [4.78, 5) is 54.5. The maximum absolute atomic E-state index is 14.4. The maximum Gasteiger partial charge on any atom is 0.408 e. The van der Waals surface area contributed by atoms with Crippen LogP contribution in [0.5, 0.6) is 5.75 Å². The number of aryl methyl sites for hydroxylation is 2. The number of hydrogen-bond acceptors (Lipinski definition) is 6. The normalized spacial score (nSPS) is 12.6. The van der Waals surface area contributed by atoms with Crippen LogP contribution in [0.15, 0.2) is 42.5 Å². The number of alkyl carbamates (subject to hydrolysis) is 1. The Morgan fingerprint density at radius 3 is 2.14 bits per heavy atom. The lowest BCUT2D eigenvalue weighted by atomic mass is 9.99. The van der Waals surface area contributed by atoms with E-state index in [2.05, 4.69) is 17.6 Å². The molecule has 0 aromatic heterocycles. The predicted molar refractivity (Wildman–Crippen MR) is 172 cm³/mol. The number of carbonyl (C=O) groups excluding carboxylic acids is 4. The molecule has 0 aliphatic rings. The quantitative estimate of drug-likeness (QED) is 0.170. The summed E-state index contributed by atoms with van der Waals surface area (Å²) in [5.41, 5.74) is 7.12. The summed E-state index contributed by atoms with van der Waals surface area (Å²) in [7, 11) is 0. The molecule has 0 saturated carbocycles. The fourth-order valence-corrected chi connectivity index (χ4v) is 5.00. The van der Waals surface area contributed by atoms with Gasteiger partial charge in [-0.15, -0.1) is 0 Å². The third-order valence-electron chi connectivity index (χ3n) is 7.22. The van der Waals surface area contributed by atoms with Crippen LogP contribution < -0.4 is 16.4 Å². The molecule has 2 aromatic rings. The van der Waals surface area contributed by atoms with Gasteiger partial charge in [0.15, 0.2) is 0 Å². The summed E-state index contributed by atoms with van der Waals surface area (Å²) in [5.74, 6) is -1.89. The van der Waals surface area contributed by atoms with Crippen LogP contribution in [0.3, 0.4) is 0 Å². The molecule has 0 fully saturated rings. The van der Waals surface area contributed by atoms with E-state index >= 15 is 0 Å². The van der Waals surface area contributed by atoms with E-state index in [0.717, 1.165) is 43.2 Å². The number of aromatic hydroxyl groups is 1. The maximum atomic E-state index is 14.4. The van der Waals surface area contributed by atoms with Crippen LogP contribution in [0.1, 0.15) is 102 Å². The van der Waals surface area contributed by atoms with Gasteiger partial charge in [0, 0.05) is 24.2 Å². The highest BCUT2D eigenvalue weighted by atomic mass is 16.6. The summed E-state index contributed by atoms with van der Waals surface area (Å²) in [6.07, 6.45) is 4.53. The van der Waals surface area contributed by atoms with Gasteiger partial charge in [0.25, 0.3) is 5.91 Å². The zero-order chi connectivity index (χ0) is 32.9. The minimum absolute atomic E-state index is 0.0909. The molecule has 2 rings (SSSR count). The first kappa shape index (κ1) is 36.1. The minimum Gasteiger partial charge on any atom is -0.508 e. The minimum atomic E-state index is -1.24. The molecule has 0 heterocycles. The smallest absolute Gasteiger partial charge is 0.408 e. The van der Waals surface area contributed by atoms with Crippen molar-refractivity contribution in [1.82, 2.24) is 10.2 Å². The van der Waals surface area contributed by atoms with E-state index in [1.54, 1.807) is 39.0 Å². The van der Waals surface area contributed by atoms with Crippen LogP contribution in [0.4, 0.5) is 10.5 Å². The number of nitrogens with zero attached hydrogens (tertiary/aromatic N) is 1. The van der Waals surface area contributed by atoms with Crippen molar-refractivity contribution in [2.24, 2.45) is 5.73 Å². The van der Waals surface area contributed by atoms with Crippen LogP contribution in [-0.2, 0) is 19.1 Å². The molecule has 10 nitrogen and oxygen atoms in total. The van der Waals surface area contributed by atoms with Crippen molar-refractivity contribution in [3.8, 4) is 5.75 Å². The van der Waals surface area contributed by atoms with E-state index in [1.165, 1.54) is 11.0 Å². The van der Waals surface area contributed by atoms with E-state index in [0.29, 0.717) is 12.1 Å². The Kier molecular flexibility index (Phi) is 14.2.